The van der Waals surface area contributed by atoms with Gasteiger partial charge < -0.3 is 5.32 Å². The molecule has 2 aromatic carbocycles. The van der Waals surface area contributed by atoms with Crippen LogP contribution in [-0.2, 0) is 10.0 Å². The summed E-state index contributed by atoms with van der Waals surface area (Å²) >= 11 is 5.64. The van der Waals surface area contributed by atoms with Gasteiger partial charge >= 0.3 is 0 Å². The van der Waals surface area contributed by atoms with Gasteiger partial charge in [0.25, 0.3) is 15.9 Å². The van der Waals surface area contributed by atoms with Gasteiger partial charge in [0.2, 0.25) is 0 Å². The summed E-state index contributed by atoms with van der Waals surface area (Å²) in [6.45, 7) is 0. The third-order valence-corrected chi connectivity index (χ3v) is 5.20. The van der Waals surface area contributed by atoms with Crippen LogP contribution >= 0.6 is 11.6 Å². The van der Waals surface area contributed by atoms with E-state index in [1.807, 2.05) is 0 Å². The minimum absolute atomic E-state index is 0.00841. The number of halogens is 2. The van der Waals surface area contributed by atoms with Gasteiger partial charge in [-0.25, -0.2) is 12.8 Å². The van der Waals surface area contributed by atoms with E-state index in [0.29, 0.717) is 5.56 Å². The van der Waals surface area contributed by atoms with Gasteiger partial charge in [0.05, 0.1) is 15.6 Å². The van der Waals surface area contributed by atoms with Crippen molar-refractivity contribution in [2.75, 3.05) is 4.72 Å². The molecule has 1 saturated carbocycles. The maximum absolute atomic E-state index is 13.1. The Balaban J connectivity index is 1.76. The van der Waals surface area contributed by atoms with Gasteiger partial charge in [-0.05, 0) is 55.3 Å². The standard InChI is InChI=1S/C16H14ClFN2O3S/c17-14-9-12(5-8-15(14)18)20-24(22,23)13-6-1-10(2-7-13)16(21)19-11-3-4-11/h1-2,5-9,11,20H,3-4H2,(H,19,21). The van der Waals surface area contributed by atoms with E-state index < -0.39 is 15.8 Å². The molecule has 0 aliphatic heterocycles. The van der Waals surface area contributed by atoms with Crippen LogP contribution in [0.3, 0.4) is 0 Å². The number of benzene rings is 2. The molecule has 0 bridgehead atoms. The number of rotatable bonds is 5. The zero-order chi connectivity index (χ0) is 17.3. The van der Waals surface area contributed by atoms with Crippen molar-refractivity contribution in [1.82, 2.24) is 5.32 Å². The van der Waals surface area contributed by atoms with E-state index in [0.717, 1.165) is 18.9 Å². The molecule has 5 nitrogen and oxygen atoms in total. The molecule has 2 N–H and O–H groups in total. The summed E-state index contributed by atoms with van der Waals surface area (Å²) in [6, 6.07) is 9.34. The summed E-state index contributed by atoms with van der Waals surface area (Å²) in [5, 5.41) is 2.65. The highest BCUT2D eigenvalue weighted by Crippen LogP contribution is 2.23. The third-order valence-electron chi connectivity index (χ3n) is 3.51. The van der Waals surface area contributed by atoms with Crippen molar-refractivity contribution in [2.45, 2.75) is 23.8 Å². The highest BCUT2D eigenvalue weighted by atomic mass is 35.5. The van der Waals surface area contributed by atoms with Gasteiger partial charge in [0.15, 0.2) is 0 Å². The van der Waals surface area contributed by atoms with Crippen LogP contribution in [0, 0.1) is 5.82 Å². The van der Waals surface area contributed by atoms with Crippen molar-refractivity contribution in [3.8, 4) is 0 Å². The van der Waals surface area contributed by atoms with Crippen molar-refractivity contribution < 1.29 is 17.6 Å². The molecule has 0 radical (unpaired) electrons. The van der Waals surface area contributed by atoms with Gasteiger partial charge in [0, 0.05) is 11.6 Å². The molecule has 8 heteroatoms. The molecule has 24 heavy (non-hydrogen) atoms. The highest BCUT2D eigenvalue weighted by molar-refractivity contribution is 7.92. The first-order chi connectivity index (χ1) is 11.3. The Morgan fingerprint density at radius 2 is 1.79 bits per heavy atom. The average molecular weight is 369 g/mol. The summed E-state index contributed by atoms with van der Waals surface area (Å²) in [6.07, 6.45) is 1.95. The predicted molar refractivity (Wildman–Crippen MR) is 89.1 cm³/mol. The predicted octanol–water partition coefficient (Wildman–Crippen LogP) is 3.17. The van der Waals surface area contributed by atoms with Crippen LogP contribution in [-0.4, -0.2) is 20.4 Å². The van der Waals surface area contributed by atoms with E-state index in [1.165, 1.54) is 36.4 Å². The summed E-state index contributed by atoms with van der Waals surface area (Å²) in [5.74, 6) is -0.856. The van der Waals surface area contributed by atoms with Gasteiger partial charge in [-0.1, -0.05) is 11.6 Å². The van der Waals surface area contributed by atoms with E-state index >= 15 is 0 Å². The number of nitrogens with one attached hydrogen (secondary N) is 2. The van der Waals surface area contributed by atoms with Crippen molar-refractivity contribution >= 4 is 33.2 Å². The molecule has 1 aliphatic rings. The van der Waals surface area contributed by atoms with E-state index in [2.05, 4.69) is 10.0 Å². The number of sulfonamides is 1. The number of amides is 1. The summed E-state index contributed by atoms with van der Waals surface area (Å²) in [4.78, 5) is 11.9. The molecular weight excluding hydrogens is 355 g/mol. The lowest BCUT2D eigenvalue weighted by Crippen LogP contribution is -2.25. The molecule has 0 unspecified atom stereocenters. The third kappa shape index (κ3) is 3.85. The van der Waals surface area contributed by atoms with Gasteiger partial charge in [-0.15, -0.1) is 0 Å². The molecule has 0 saturated heterocycles. The first-order valence-electron chi connectivity index (χ1n) is 7.24. The Kier molecular flexibility index (Phi) is 4.47. The van der Waals surface area contributed by atoms with Crippen LogP contribution in [0.25, 0.3) is 0 Å². The topological polar surface area (TPSA) is 75.3 Å². The molecule has 0 atom stereocenters. The molecule has 1 amide bonds. The Morgan fingerprint density at radius 1 is 1.12 bits per heavy atom. The van der Waals surface area contributed by atoms with Crippen molar-refractivity contribution in [3.63, 3.8) is 0 Å². The van der Waals surface area contributed by atoms with E-state index in [9.17, 15) is 17.6 Å². The van der Waals surface area contributed by atoms with Crippen molar-refractivity contribution in [1.29, 1.82) is 0 Å². The molecule has 2 aromatic rings. The Bertz CT molecular complexity index is 881. The molecule has 0 aromatic heterocycles. The van der Waals surface area contributed by atoms with E-state index in [4.69, 9.17) is 11.6 Å². The zero-order valence-electron chi connectivity index (χ0n) is 12.4. The second kappa shape index (κ2) is 6.41. The first kappa shape index (κ1) is 16.7. The van der Waals surface area contributed by atoms with Crippen LogP contribution in [0.5, 0.6) is 0 Å². The zero-order valence-corrected chi connectivity index (χ0v) is 14.0. The molecule has 126 valence electrons. The number of hydrogen-bond donors (Lipinski definition) is 2. The number of hydrogen-bond acceptors (Lipinski definition) is 3. The fourth-order valence-electron chi connectivity index (χ4n) is 2.06. The second-order valence-electron chi connectivity index (χ2n) is 5.51. The molecule has 3 rings (SSSR count). The Hall–Kier alpha value is -2.12. The van der Waals surface area contributed by atoms with Crippen LogP contribution in [0.1, 0.15) is 23.2 Å². The summed E-state index contributed by atoms with van der Waals surface area (Å²) in [7, 11) is -3.86. The SMILES string of the molecule is O=C(NC1CC1)c1ccc(S(=O)(=O)Nc2ccc(F)c(Cl)c2)cc1. The summed E-state index contributed by atoms with van der Waals surface area (Å²) in [5.41, 5.74) is 0.544. The normalized spacial score (nSPS) is 14.2. The van der Waals surface area contributed by atoms with Gasteiger partial charge in [-0.3, -0.25) is 9.52 Å². The molecule has 0 spiro atoms. The smallest absolute Gasteiger partial charge is 0.261 e. The fourth-order valence-corrected chi connectivity index (χ4v) is 3.29. The molecule has 1 aliphatic carbocycles. The van der Waals surface area contributed by atoms with Crippen LogP contribution in [0.15, 0.2) is 47.4 Å². The Labute approximate surface area is 143 Å². The van der Waals surface area contributed by atoms with Gasteiger partial charge in [-0.2, -0.15) is 0 Å². The monoisotopic (exact) mass is 368 g/mol. The lowest BCUT2D eigenvalue weighted by Gasteiger charge is -2.09. The fraction of sp³-hybridized carbons (Fsp3) is 0.188. The molecular formula is C16H14ClFN2O3S. The maximum atomic E-state index is 13.1. The quantitative estimate of drug-likeness (QED) is 0.851. The summed E-state index contributed by atoms with van der Waals surface area (Å²) < 4.78 is 40.1. The second-order valence-corrected chi connectivity index (χ2v) is 7.60. The number of carbonyl (C=O) groups excluding carboxylic acids is 1. The number of anilines is 1. The number of carbonyl (C=O) groups is 1. The first-order valence-corrected chi connectivity index (χ1v) is 9.10. The van der Waals surface area contributed by atoms with E-state index in [1.54, 1.807) is 0 Å². The van der Waals surface area contributed by atoms with E-state index in [-0.39, 0.29) is 27.6 Å². The van der Waals surface area contributed by atoms with Gasteiger partial charge in [0.1, 0.15) is 5.82 Å². The minimum atomic E-state index is -3.86. The molecule has 0 heterocycles. The average Bonchev–Trinajstić information content (AvgIpc) is 3.35. The van der Waals surface area contributed by atoms with Crippen molar-refractivity contribution in [2.24, 2.45) is 0 Å². The van der Waals surface area contributed by atoms with Crippen LogP contribution < -0.4 is 10.0 Å². The maximum Gasteiger partial charge on any atom is 0.261 e. The van der Waals surface area contributed by atoms with Crippen molar-refractivity contribution in [3.05, 3.63) is 58.9 Å². The highest BCUT2D eigenvalue weighted by Gasteiger charge is 2.24. The van der Waals surface area contributed by atoms with Crippen LogP contribution in [0.4, 0.5) is 10.1 Å². The lowest BCUT2D eigenvalue weighted by atomic mass is 10.2. The van der Waals surface area contributed by atoms with Crippen LogP contribution in [0.2, 0.25) is 5.02 Å². The Morgan fingerprint density at radius 3 is 2.38 bits per heavy atom. The largest absolute Gasteiger partial charge is 0.349 e. The lowest BCUT2D eigenvalue weighted by molar-refractivity contribution is 0.0951. The minimum Gasteiger partial charge on any atom is -0.349 e. The molecule has 1 fully saturated rings.